The summed E-state index contributed by atoms with van der Waals surface area (Å²) >= 11 is 0. The molecular formula is C13H12N6O. The normalized spacial score (nSPS) is 10.4. The lowest BCUT2D eigenvalue weighted by Crippen LogP contribution is -2.25. The molecule has 0 spiro atoms. The molecule has 0 aliphatic carbocycles. The van der Waals surface area contributed by atoms with Crippen LogP contribution in [0.2, 0.25) is 0 Å². The fourth-order valence-corrected chi connectivity index (χ4v) is 1.83. The number of carbonyl (C=O) groups excluding carboxylic acids is 1. The summed E-state index contributed by atoms with van der Waals surface area (Å²) in [5, 5.41) is 9.17. The van der Waals surface area contributed by atoms with E-state index in [2.05, 4.69) is 25.5 Å². The Morgan fingerprint density at radius 2 is 2.15 bits per heavy atom. The minimum absolute atomic E-state index is 0.220. The van der Waals surface area contributed by atoms with E-state index < -0.39 is 0 Å². The molecule has 0 radical (unpaired) electrons. The zero-order valence-electron chi connectivity index (χ0n) is 10.5. The minimum atomic E-state index is -0.220. The monoisotopic (exact) mass is 268 g/mol. The first kappa shape index (κ1) is 12.1. The number of benzene rings is 1. The molecule has 1 amide bonds. The van der Waals surface area contributed by atoms with Crippen molar-refractivity contribution in [3.05, 3.63) is 60.7 Å². The molecule has 2 aromatic heterocycles. The SMILES string of the molecule is O=C(NCc1ncn[nH]1)c1cncn1-c1ccccc1. The van der Waals surface area contributed by atoms with Gasteiger partial charge in [0.2, 0.25) is 0 Å². The van der Waals surface area contributed by atoms with Gasteiger partial charge in [0.25, 0.3) is 5.91 Å². The number of rotatable bonds is 4. The first-order chi connectivity index (χ1) is 9.84. The summed E-state index contributed by atoms with van der Waals surface area (Å²) in [5.74, 6) is 0.381. The Hall–Kier alpha value is -2.96. The second kappa shape index (κ2) is 5.35. The van der Waals surface area contributed by atoms with Crippen LogP contribution in [0.3, 0.4) is 0 Å². The third-order valence-electron chi connectivity index (χ3n) is 2.79. The molecular weight excluding hydrogens is 256 g/mol. The Labute approximate surface area is 114 Å². The van der Waals surface area contributed by atoms with Crippen molar-refractivity contribution in [2.45, 2.75) is 6.54 Å². The molecule has 1 aromatic carbocycles. The summed E-state index contributed by atoms with van der Waals surface area (Å²) in [6, 6.07) is 9.56. The predicted octanol–water partition coefficient (Wildman–Crippen LogP) is 0.920. The molecule has 0 aliphatic rings. The average Bonchev–Trinajstić information content (AvgIpc) is 3.17. The quantitative estimate of drug-likeness (QED) is 0.736. The lowest BCUT2D eigenvalue weighted by Gasteiger charge is -2.07. The van der Waals surface area contributed by atoms with Crippen LogP contribution >= 0.6 is 0 Å². The van der Waals surface area contributed by atoms with Gasteiger partial charge in [0.15, 0.2) is 0 Å². The number of para-hydroxylation sites is 1. The van der Waals surface area contributed by atoms with Crippen LogP contribution in [0.15, 0.2) is 49.2 Å². The maximum atomic E-state index is 12.2. The van der Waals surface area contributed by atoms with E-state index in [1.165, 1.54) is 12.5 Å². The highest BCUT2D eigenvalue weighted by molar-refractivity contribution is 5.92. The molecule has 100 valence electrons. The third kappa shape index (κ3) is 2.41. The molecule has 20 heavy (non-hydrogen) atoms. The van der Waals surface area contributed by atoms with E-state index in [9.17, 15) is 4.79 Å². The number of hydrogen-bond acceptors (Lipinski definition) is 4. The van der Waals surface area contributed by atoms with Gasteiger partial charge in [-0.15, -0.1) is 0 Å². The van der Waals surface area contributed by atoms with Crippen LogP contribution in [0, 0.1) is 0 Å². The zero-order valence-corrected chi connectivity index (χ0v) is 10.5. The van der Waals surface area contributed by atoms with E-state index in [-0.39, 0.29) is 5.91 Å². The molecule has 0 atom stereocenters. The van der Waals surface area contributed by atoms with E-state index in [1.807, 2.05) is 30.3 Å². The number of imidazole rings is 1. The Morgan fingerprint density at radius 3 is 2.90 bits per heavy atom. The summed E-state index contributed by atoms with van der Waals surface area (Å²) in [6.45, 7) is 0.290. The van der Waals surface area contributed by atoms with Gasteiger partial charge in [0, 0.05) is 5.69 Å². The second-order valence-corrected chi connectivity index (χ2v) is 4.10. The van der Waals surface area contributed by atoms with Crippen molar-refractivity contribution in [1.29, 1.82) is 0 Å². The first-order valence-corrected chi connectivity index (χ1v) is 6.05. The topological polar surface area (TPSA) is 88.5 Å². The van der Waals surface area contributed by atoms with Crippen molar-refractivity contribution in [2.75, 3.05) is 0 Å². The molecule has 7 nitrogen and oxygen atoms in total. The van der Waals surface area contributed by atoms with E-state index in [1.54, 1.807) is 10.9 Å². The highest BCUT2D eigenvalue weighted by Gasteiger charge is 2.12. The molecule has 7 heteroatoms. The van der Waals surface area contributed by atoms with E-state index in [0.29, 0.717) is 18.1 Å². The van der Waals surface area contributed by atoms with Crippen molar-refractivity contribution >= 4 is 5.91 Å². The van der Waals surface area contributed by atoms with E-state index >= 15 is 0 Å². The summed E-state index contributed by atoms with van der Waals surface area (Å²) < 4.78 is 1.73. The largest absolute Gasteiger partial charge is 0.343 e. The second-order valence-electron chi connectivity index (χ2n) is 4.10. The molecule has 0 saturated carbocycles. The van der Waals surface area contributed by atoms with Gasteiger partial charge < -0.3 is 5.32 Å². The van der Waals surface area contributed by atoms with Crippen molar-refractivity contribution in [1.82, 2.24) is 30.0 Å². The van der Waals surface area contributed by atoms with Crippen molar-refractivity contribution in [3.63, 3.8) is 0 Å². The van der Waals surface area contributed by atoms with Gasteiger partial charge in [0.1, 0.15) is 17.8 Å². The molecule has 3 rings (SSSR count). The number of nitrogens with one attached hydrogen (secondary N) is 2. The molecule has 0 fully saturated rings. The number of amides is 1. The Bertz CT molecular complexity index is 689. The van der Waals surface area contributed by atoms with Gasteiger partial charge in [-0.25, -0.2) is 9.97 Å². The van der Waals surface area contributed by atoms with Crippen LogP contribution < -0.4 is 5.32 Å². The molecule has 2 heterocycles. The zero-order chi connectivity index (χ0) is 13.8. The van der Waals surface area contributed by atoms with Crippen LogP contribution in [0.25, 0.3) is 5.69 Å². The van der Waals surface area contributed by atoms with Crippen molar-refractivity contribution < 1.29 is 4.79 Å². The van der Waals surface area contributed by atoms with Crippen LogP contribution in [-0.4, -0.2) is 30.6 Å². The number of carbonyl (C=O) groups is 1. The molecule has 0 bridgehead atoms. The highest BCUT2D eigenvalue weighted by Crippen LogP contribution is 2.10. The smallest absolute Gasteiger partial charge is 0.270 e. The van der Waals surface area contributed by atoms with Crippen molar-refractivity contribution in [3.8, 4) is 5.69 Å². The van der Waals surface area contributed by atoms with Gasteiger partial charge in [-0.3, -0.25) is 14.5 Å². The highest BCUT2D eigenvalue weighted by atomic mass is 16.2. The Balaban J connectivity index is 1.77. The predicted molar refractivity (Wildman–Crippen MR) is 71.1 cm³/mol. The molecule has 0 unspecified atom stereocenters. The maximum absolute atomic E-state index is 12.2. The Morgan fingerprint density at radius 1 is 1.30 bits per heavy atom. The minimum Gasteiger partial charge on any atom is -0.343 e. The summed E-state index contributed by atoms with van der Waals surface area (Å²) in [4.78, 5) is 20.1. The number of aromatic nitrogens is 5. The number of aromatic amines is 1. The average molecular weight is 268 g/mol. The summed E-state index contributed by atoms with van der Waals surface area (Å²) in [6.07, 6.45) is 4.54. The van der Waals surface area contributed by atoms with Crippen LogP contribution in [0.1, 0.15) is 16.3 Å². The fraction of sp³-hybridized carbons (Fsp3) is 0.0769. The van der Waals surface area contributed by atoms with Gasteiger partial charge in [-0.05, 0) is 12.1 Å². The number of hydrogen-bond donors (Lipinski definition) is 2. The van der Waals surface area contributed by atoms with Gasteiger partial charge in [0.05, 0.1) is 19.1 Å². The molecule has 3 aromatic rings. The lowest BCUT2D eigenvalue weighted by atomic mass is 10.3. The molecule has 0 aliphatic heterocycles. The number of H-pyrrole nitrogens is 1. The molecule has 0 saturated heterocycles. The Kier molecular flexibility index (Phi) is 3.24. The fourth-order valence-electron chi connectivity index (χ4n) is 1.83. The van der Waals surface area contributed by atoms with E-state index in [4.69, 9.17) is 0 Å². The lowest BCUT2D eigenvalue weighted by molar-refractivity contribution is 0.0943. The third-order valence-corrected chi connectivity index (χ3v) is 2.79. The summed E-state index contributed by atoms with van der Waals surface area (Å²) in [7, 11) is 0. The van der Waals surface area contributed by atoms with E-state index in [0.717, 1.165) is 5.69 Å². The maximum Gasteiger partial charge on any atom is 0.270 e. The number of nitrogens with zero attached hydrogens (tertiary/aromatic N) is 4. The van der Waals surface area contributed by atoms with Crippen LogP contribution in [-0.2, 0) is 6.54 Å². The van der Waals surface area contributed by atoms with Crippen molar-refractivity contribution in [2.24, 2.45) is 0 Å². The standard InChI is InChI=1S/C13H12N6O/c20-13(15-7-12-16-8-17-18-12)11-6-14-9-19(11)10-4-2-1-3-5-10/h1-6,8-9H,7H2,(H,15,20)(H,16,17,18). The van der Waals surface area contributed by atoms with Gasteiger partial charge in [-0.1, -0.05) is 18.2 Å². The van der Waals surface area contributed by atoms with Gasteiger partial charge >= 0.3 is 0 Å². The van der Waals surface area contributed by atoms with Gasteiger partial charge in [-0.2, -0.15) is 5.10 Å². The summed E-state index contributed by atoms with van der Waals surface area (Å²) in [5.41, 5.74) is 1.35. The van der Waals surface area contributed by atoms with Crippen LogP contribution in [0.5, 0.6) is 0 Å². The van der Waals surface area contributed by atoms with Crippen LogP contribution in [0.4, 0.5) is 0 Å². The molecule has 2 N–H and O–H groups in total. The first-order valence-electron chi connectivity index (χ1n) is 6.05.